The SMILES string of the molecule is CC(C)C(C)NC(=O)NCCCN(C)C. The highest BCUT2D eigenvalue weighted by atomic mass is 16.2. The van der Waals surface area contributed by atoms with Gasteiger partial charge in [0.2, 0.25) is 0 Å². The number of carbonyl (C=O) groups is 1. The second-order valence-electron chi connectivity index (χ2n) is 4.59. The molecule has 2 N–H and O–H groups in total. The molecule has 0 aromatic carbocycles. The maximum absolute atomic E-state index is 11.4. The van der Waals surface area contributed by atoms with E-state index in [1.54, 1.807) is 0 Å². The van der Waals surface area contributed by atoms with Gasteiger partial charge >= 0.3 is 6.03 Å². The first-order valence-electron chi connectivity index (χ1n) is 5.62. The summed E-state index contributed by atoms with van der Waals surface area (Å²) in [6.45, 7) is 7.94. The average molecular weight is 215 g/mol. The molecular weight excluding hydrogens is 190 g/mol. The Hall–Kier alpha value is -0.770. The highest BCUT2D eigenvalue weighted by Crippen LogP contribution is 1.98. The normalized spacial score (nSPS) is 13.0. The number of rotatable bonds is 6. The van der Waals surface area contributed by atoms with Gasteiger partial charge in [-0.05, 0) is 39.9 Å². The molecule has 0 saturated heterocycles. The molecule has 2 amide bonds. The lowest BCUT2D eigenvalue weighted by molar-refractivity contribution is 0.234. The minimum Gasteiger partial charge on any atom is -0.338 e. The van der Waals surface area contributed by atoms with Crippen LogP contribution in [0.15, 0.2) is 0 Å². The minimum atomic E-state index is -0.0602. The van der Waals surface area contributed by atoms with Gasteiger partial charge in [-0.25, -0.2) is 4.79 Å². The third-order valence-corrected chi connectivity index (χ3v) is 2.43. The molecule has 1 atom stereocenters. The Bertz CT molecular complexity index is 181. The number of nitrogens with zero attached hydrogens (tertiary/aromatic N) is 1. The summed E-state index contributed by atoms with van der Waals surface area (Å²) in [5.74, 6) is 0.470. The third-order valence-electron chi connectivity index (χ3n) is 2.43. The predicted molar refractivity (Wildman–Crippen MR) is 64.0 cm³/mol. The van der Waals surface area contributed by atoms with Gasteiger partial charge < -0.3 is 15.5 Å². The lowest BCUT2D eigenvalue weighted by Crippen LogP contribution is -2.43. The standard InChI is InChI=1S/C11H25N3O/c1-9(2)10(3)13-11(15)12-7-6-8-14(4)5/h9-10H,6-8H2,1-5H3,(H2,12,13,15). The largest absolute Gasteiger partial charge is 0.338 e. The van der Waals surface area contributed by atoms with Crippen LogP contribution in [0.5, 0.6) is 0 Å². The number of amides is 2. The Morgan fingerprint density at radius 3 is 2.33 bits per heavy atom. The van der Waals surface area contributed by atoms with Gasteiger partial charge in [-0.15, -0.1) is 0 Å². The molecule has 0 spiro atoms. The van der Waals surface area contributed by atoms with E-state index in [1.807, 2.05) is 21.0 Å². The van der Waals surface area contributed by atoms with E-state index in [0.717, 1.165) is 19.5 Å². The van der Waals surface area contributed by atoms with Crippen LogP contribution < -0.4 is 10.6 Å². The lowest BCUT2D eigenvalue weighted by Gasteiger charge is -2.18. The molecule has 0 fully saturated rings. The molecule has 1 unspecified atom stereocenters. The number of urea groups is 1. The van der Waals surface area contributed by atoms with E-state index in [4.69, 9.17) is 0 Å². The van der Waals surface area contributed by atoms with Crippen LogP contribution in [-0.2, 0) is 0 Å². The van der Waals surface area contributed by atoms with Crippen molar-refractivity contribution in [1.82, 2.24) is 15.5 Å². The Kier molecular flexibility index (Phi) is 7.13. The molecule has 0 aliphatic heterocycles. The number of hydrogen-bond acceptors (Lipinski definition) is 2. The molecule has 0 rings (SSSR count). The van der Waals surface area contributed by atoms with Crippen molar-refractivity contribution in [3.8, 4) is 0 Å². The molecule has 0 radical (unpaired) electrons. The van der Waals surface area contributed by atoms with Crippen LogP contribution in [0.4, 0.5) is 4.79 Å². The van der Waals surface area contributed by atoms with Gasteiger partial charge in [0.25, 0.3) is 0 Å². The van der Waals surface area contributed by atoms with Gasteiger partial charge in [-0.1, -0.05) is 13.8 Å². The highest BCUT2D eigenvalue weighted by molar-refractivity contribution is 5.74. The van der Waals surface area contributed by atoms with Crippen LogP contribution >= 0.6 is 0 Å². The van der Waals surface area contributed by atoms with Gasteiger partial charge in [0.15, 0.2) is 0 Å². The first kappa shape index (κ1) is 14.2. The topological polar surface area (TPSA) is 44.4 Å². The third kappa shape index (κ3) is 8.24. The smallest absolute Gasteiger partial charge is 0.315 e. The maximum atomic E-state index is 11.4. The molecule has 4 nitrogen and oxygen atoms in total. The van der Waals surface area contributed by atoms with Crippen LogP contribution in [0.3, 0.4) is 0 Å². The number of nitrogens with one attached hydrogen (secondary N) is 2. The fourth-order valence-corrected chi connectivity index (χ4v) is 1.02. The zero-order chi connectivity index (χ0) is 11.8. The van der Waals surface area contributed by atoms with Crippen molar-refractivity contribution < 1.29 is 4.79 Å². The molecule has 15 heavy (non-hydrogen) atoms. The van der Waals surface area contributed by atoms with Gasteiger partial charge in [0.05, 0.1) is 0 Å². The zero-order valence-corrected chi connectivity index (χ0v) is 10.6. The fourth-order valence-electron chi connectivity index (χ4n) is 1.02. The van der Waals surface area contributed by atoms with E-state index in [0.29, 0.717) is 5.92 Å². The molecule has 90 valence electrons. The van der Waals surface area contributed by atoms with Crippen molar-refractivity contribution in [3.05, 3.63) is 0 Å². The number of hydrogen-bond donors (Lipinski definition) is 2. The molecule has 0 aromatic rings. The van der Waals surface area contributed by atoms with E-state index in [2.05, 4.69) is 29.4 Å². The minimum absolute atomic E-state index is 0.0602. The summed E-state index contributed by atoms with van der Waals surface area (Å²) in [6, 6.07) is 0.161. The summed E-state index contributed by atoms with van der Waals surface area (Å²) in [5, 5.41) is 5.75. The average Bonchev–Trinajstić information content (AvgIpc) is 2.12. The van der Waals surface area contributed by atoms with E-state index in [9.17, 15) is 4.79 Å². The van der Waals surface area contributed by atoms with Gasteiger partial charge in [-0.3, -0.25) is 0 Å². The molecule has 0 heterocycles. The second-order valence-corrected chi connectivity index (χ2v) is 4.59. The quantitative estimate of drug-likeness (QED) is 0.656. The predicted octanol–water partition coefficient (Wildman–Crippen LogP) is 1.28. The van der Waals surface area contributed by atoms with Crippen LogP contribution in [0.1, 0.15) is 27.2 Å². The van der Waals surface area contributed by atoms with Crippen LogP contribution in [0.25, 0.3) is 0 Å². The van der Waals surface area contributed by atoms with Gasteiger partial charge in [0.1, 0.15) is 0 Å². The molecule has 0 saturated carbocycles. The van der Waals surface area contributed by atoms with Crippen LogP contribution in [-0.4, -0.2) is 44.2 Å². The summed E-state index contributed by atoms with van der Waals surface area (Å²) >= 11 is 0. The van der Waals surface area contributed by atoms with Crippen molar-refractivity contribution in [3.63, 3.8) is 0 Å². The van der Waals surface area contributed by atoms with Gasteiger partial charge in [-0.2, -0.15) is 0 Å². The van der Waals surface area contributed by atoms with Crippen molar-refractivity contribution in [2.45, 2.75) is 33.2 Å². The zero-order valence-electron chi connectivity index (χ0n) is 10.6. The summed E-state index contributed by atoms with van der Waals surface area (Å²) in [4.78, 5) is 13.5. The first-order chi connectivity index (χ1) is 6.93. The molecule has 0 bridgehead atoms. The Balaban J connectivity index is 3.49. The van der Waals surface area contributed by atoms with E-state index >= 15 is 0 Å². The molecular formula is C11H25N3O. The summed E-state index contributed by atoms with van der Waals surface area (Å²) in [6.07, 6.45) is 0.983. The number of carbonyl (C=O) groups excluding carboxylic acids is 1. The molecule has 0 aliphatic rings. The molecule has 0 aliphatic carbocycles. The van der Waals surface area contributed by atoms with Crippen molar-refractivity contribution in [1.29, 1.82) is 0 Å². The molecule has 0 aromatic heterocycles. The monoisotopic (exact) mass is 215 g/mol. The maximum Gasteiger partial charge on any atom is 0.315 e. The van der Waals surface area contributed by atoms with Crippen molar-refractivity contribution >= 4 is 6.03 Å². The summed E-state index contributed by atoms with van der Waals surface area (Å²) in [5.41, 5.74) is 0. The van der Waals surface area contributed by atoms with Crippen LogP contribution in [0, 0.1) is 5.92 Å². The Morgan fingerprint density at radius 2 is 1.87 bits per heavy atom. The summed E-state index contributed by atoms with van der Waals surface area (Å²) < 4.78 is 0. The van der Waals surface area contributed by atoms with E-state index in [1.165, 1.54) is 0 Å². The van der Waals surface area contributed by atoms with E-state index < -0.39 is 0 Å². The van der Waals surface area contributed by atoms with Crippen molar-refractivity contribution in [2.24, 2.45) is 5.92 Å². The Labute approximate surface area is 93.4 Å². The van der Waals surface area contributed by atoms with Crippen molar-refractivity contribution in [2.75, 3.05) is 27.2 Å². The van der Waals surface area contributed by atoms with Crippen LogP contribution in [0.2, 0.25) is 0 Å². The van der Waals surface area contributed by atoms with E-state index in [-0.39, 0.29) is 12.1 Å². The van der Waals surface area contributed by atoms with Gasteiger partial charge in [0, 0.05) is 12.6 Å². The fraction of sp³-hybridized carbons (Fsp3) is 0.909. The highest BCUT2D eigenvalue weighted by Gasteiger charge is 2.09. The second kappa shape index (κ2) is 7.51. The lowest BCUT2D eigenvalue weighted by atomic mass is 10.1. The first-order valence-corrected chi connectivity index (χ1v) is 5.62. The Morgan fingerprint density at radius 1 is 1.27 bits per heavy atom. The summed E-state index contributed by atoms with van der Waals surface area (Å²) in [7, 11) is 4.06. The molecule has 4 heteroatoms.